The summed E-state index contributed by atoms with van der Waals surface area (Å²) in [5.74, 6) is 0. The molecular weight excluding hydrogens is 256 g/mol. The first-order valence-corrected chi connectivity index (χ1v) is 6.09. The Morgan fingerprint density at radius 2 is 1.85 bits per heavy atom. The van der Waals surface area contributed by atoms with E-state index in [1.807, 2.05) is 36.5 Å². The fourth-order valence-electron chi connectivity index (χ4n) is 2.15. The summed E-state index contributed by atoms with van der Waals surface area (Å²) >= 11 is 0. The van der Waals surface area contributed by atoms with Gasteiger partial charge in [-0.3, -0.25) is 9.78 Å². The smallest absolute Gasteiger partial charge is 0.311 e. The lowest BCUT2D eigenvalue weighted by atomic mass is 10.1. The summed E-state index contributed by atoms with van der Waals surface area (Å²) in [5, 5.41) is 4.14. The first-order chi connectivity index (χ1) is 9.65. The predicted octanol–water partition coefficient (Wildman–Crippen LogP) is 1.22. The molecule has 0 fully saturated rings. The monoisotopic (exact) mass is 268 g/mol. The fourth-order valence-corrected chi connectivity index (χ4v) is 2.15. The van der Waals surface area contributed by atoms with E-state index < -0.39 is 11.2 Å². The van der Waals surface area contributed by atoms with E-state index in [2.05, 4.69) is 15.1 Å². The molecule has 0 radical (unpaired) electrons. The van der Waals surface area contributed by atoms with E-state index in [0.717, 1.165) is 11.3 Å². The van der Waals surface area contributed by atoms with E-state index in [4.69, 9.17) is 0 Å². The van der Waals surface area contributed by atoms with Crippen molar-refractivity contribution in [3.05, 3.63) is 69.3 Å². The highest BCUT2D eigenvalue weighted by Gasteiger charge is 2.08. The zero-order valence-corrected chi connectivity index (χ0v) is 10.8. The van der Waals surface area contributed by atoms with Gasteiger partial charge in [-0.2, -0.15) is 5.10 Å². The molecule has 0 saturated heterocycles. The van der Waals surface area contributed by atoms with Crippen molar-refractivity contribution in [1.29, 1.82) is 0 Å². The van der Waals surface area contributed by atoms with E-state index in [1.165, 1.54) is 0 Å². The summed E-state index contributed by atoms with van der Waals surface area (Å²) in [7, 11) is 0. The van der Waals surface area contributed by atoms with Crippen LogP contribution >= 0.6 is 0 Å². The number of H-pyrrole nitrogens is 2. The molecule has 0 amide bonds. The molecule has 3 rings (SSSR count). The third kappa shape index (κ3) is 2.07. The number of nitrogens with zero attached hydrogens (tertiary/aromatic N) is 2. The normalized spacial score (nSPS) is 10.7. The van der Waals surface area contributed by atoms with Crippen LogP contribution in [0.15, 0.2) is 52.3 Å². The van der Waals surface area contributed by atoms with Crippen molar-refractivity contribution in [2.75, 3.05) is 0 Å². The molecule has 1 aromatic carbocycles. The lowest BCUT2D eigenvalue weighted by Gasteiger charge is -2.06. The van der Waals surface area contributed by atoms with E-state index in [-0.39, 0.29) is 0 Å². The van der Waals surface area contributed by atoms with E-state index in [0.29, 0.717) is 11.3 Å². The van der Waals surface area contributed by atoms with Crippen molar-refractivity contribution in [2.24, 2.45) is 0 Å². The first-order valence-electron chi connectivity index (χ1n) is 6.09. The Hall–Kier alpha value is -2.89. The van der Waals surface area contributed by atoms with Crippen LogP contribution in [-0.2, 0) is 0 Å². The van der Waals surface area contributed by atoms with Gasteiger partial charge in [0.2, 0.25) is 0 Å². The Labute approximate surface area is 113 Å². The summed E-state index contributed by atoms with van der Waals surface area (Å²) in [6, 6.07) is 9.23. The van der Waals surface area contributed by atoms with Crippen molar-refractivity contribution in [2.45, 2.75) is 6.92 Å². The number of nitrogens with one attached hydrogen (secondary N) is 2. The van der Waals surface area contributed by atoms with Crippen LogP contribution in [0.1, 0.15) is 5.69 Å². The van der Waals surface area contributed by atoms with Gasteiger partial charge in [-0.1, -0.05) is 12.1 Å². The standard InChI is InChI=1S/C14H12N4O2/c1-9-12(13(19)17-14(20)16-9)10-3-5-11(6-4-10)18-8-2-7-15-18/h2-8H,1H3,(H2,16,17,19,20). The fraction of sp³-hybridized carbons (Fsp3) is 0.0714. The number of hydrogen-bond donors (Lipinski definition) is 2. The maximum absolute atomic E-state index is 11.9. The Morgan fingerprint density at radius 3 is 2.45 bits per heavy atom. The largest absolute Gasteiger partial charge is 0.325 e. The molecule has 0 bridgehead atoms. The Morgan fingerprint density at radius 1 is 1.10 bits per heavy atom. The van der Waals surface area contributed by atoms with Gasteiger partial charge in [0.1, 0.15) is 0 Å². The number of benzene rings is 1. The molecular formula is C14H12N4O2. The first kappa shape index (κ1) is 12.2. The molecule has 0 aliphatic heterocycles. The molecule has 0 atom stereocenters. The summed E-state index contributed by atoms with van der Waals surface area (Å²) in [6.45, 7) is 1.70. The van der Waals surface area contributed by atoms with E-state index >= 15 is 0 Å². The van der Waals surface area contributed by atoms with Gasteiger partial charge in [0.25, 0.3) is 5.56 Å². The average molecular weight is 268 g/mol. The van der Waals surface area contributed by atoms with Gasteiger partial charge in [-0.05, 0) is 30.7 Å². The van der Waals surface area contributed by atoms with Gasteiger partial charge < -0.3 is 4.98 Å². The summed E-state index contributed by atoms with van der Waals surface area (Å²) < 4.78 is 1.73. The lowest BCUT2D eigenvalue weighted by Crippen LogP contribution is -2.24. The van der Waals surface area contributed by atoms with Crippen LogP contribution in [0.25, 0.3) is 16.8 Å². The minimum absolute atomic E-state index is 0.391. The third-order valence-corrected chi connectivity index (χ3v) is 3.06. The van der Waals surface area contributed by atoms with Gasteiger partial charge in [0, 0.05) is 18.1 Å². The molecule has 6 nitrogen and oxygen atoms in total. The second-order valence-corrected chi connectivity index (χ2v) is 4.41. The quantitative estimate of drug-likeness (QED) is 0.733. The molecule has 0 unspecified atom stereocenters. The van der Waals surface area contributed by atoms with E-state index in [9.17, 15) is 9.59 Å². The van der Waals surface area contributed by atoms with Gasteiger partial charge >= 0.3 is 5.69 Å². The van der Waals surface area contributed by atoms with Gasteiger partial charge in [-0.15, -0.1) is 0 Å². The highest BCUT2D eigenvalue weighted by Crippen LogP contribution is 2.19. The van der Waals surface area contributed by atoms with Crippen LogP contribution in [0.3, 0.4) is 0 Å². The molecule has 6 heteroatoms. The Kier molecular flexibility index (Phi) is 2.83. The molecule has 0 saturated carbocycles. The van der Waals surface area contributed by atoms with Crippen molar-refractivity contribution >= 4 is 0 Å². The van der Waals surface area contributed by atoms with Crippen LogP contribution < -0.4 is 11.2 Å². The lowest BCUT2D eigenvalue weighted by molar-refractivity contribution is 0.880. The zero-order chi connectivity index (χ0) is 14.1. The number of aromatic amines is 2. The minimum Gasteiger partial charge on any atom is -0.311 e. The number of aryl methyl sites for hydroxylation is 1. The van der Waals surface area contributed by atoms with Crippen LogP contribution in [0.2, 0.25) is 0 Å². The second-order valence-electron chi connectivity index (χ2n) is 4.41. The second kappa shape index (κ2) is 4.65. The van der Waals surface area contributed by atoms with Crippen LogP contribution in [0.5, 0.6) is 0 Å². The van der Waals surface area contributed by atoms with Gasteiger partial charge in [0.15, 0.2) is 0 Å². The average Bonchev–Trinajstić information content (AvgIpc) is 2.92. The Balaban J connectivity index is 2.09. The topological polar surface area (TPSA) is 83.5 Å². The maximum Gasteiger partial charge on any atom is 0.325 e. The molecule has 3 aromatic rings. The number of hydrogen-bond acceptors (Lipinski definition) is 3. The summed E-state index contributed by atoms with van der Waals surface area (Å²) in [4.78, 5) is 27.9. The molecule has 0 spiro atoms. The van der Waals surface area contributed by atoms with Crippen molar-refractivity contribution in [3.8, 4) is 16.8 Å². The number of aromatic nitrogens is 4. The van der Waals surface area contributed by atoms with Crippen molar-refractivity contribution in [1.82, 2.24) is 19.7 Å². The van der Waals surface area contributed by atoms with Crippen LogP contribution in [0.4, 0.5) is 0 Å². The molecule has 20 heavy (non-hydrogen) atoms. The predicted molar refractivity (Wildman–Crippen MR) is 75.0 cm³/mol. The molecule has 100 valence electrons. The highest BCUT2D eigenvalue weighted by atomic mass is 16.2. The summed E-state index contributed by atoms with van der Waals surface area (Å²) in [5.41, 5.74) is 1.78. The minimum atomic E-state index is -0.496. The SMILES string of the molecule is Cc1[nH]c(=O)[nH]c(=O)c1-c1ccc(-n2cccn2)cc1. The Bertz CT molecular complexity index is 842. The van der Waals surface area contributed by atoms with Crippen LogP contribution in [-0.4, -0.2) is 19.7 Å². The van der Waals surface area contributed by atoms with Crippen LogP contribution in [0, 0.1) is 6.92 Å². The maximum atomic E-state index is 11.9. The van der Waals surface area contributed by atoms with Crippen molar-refractivity contribution in [3.63, 3.8) is 0 Å². The van der Waals surface area contributed by atoms with E-state index in [1.54, 1.807) is 17.8 Å². The summed E-state index contributed by atoms with van der Waals surface area (Å²) in [6.07, 6.45) is 3.54. The molecule has 2 aromatic heterocycles. The van der Waals surface area contributed by atoms with Gasteiger partial charge in [0.05, 0.1) is 11.3 Å². The van der Waals surface area contributed by atoms with Crippen molar-refractivity contribution < 1.29 is 0 Å². The molecule has 0 aliphatic carbocycles. The molecule has 2 heterocycles. The van der Waals surface area contributed by atoms with Gasteiger partial charge in [-0.25, -0.2) is 9.48 Å². The number of rotatable bonds is 2. The molecule has 0 aliphatic rings. The highest BCUT2D eigenvalue weighted by molar-refractivity contribution is 5.65. The molecule has 2 N–H and O–H groups in total. The zero-order valence-electron chi connectivity index (χ0n) is 10.8. The third-order valence-electron chi connectivity index (χ3n) is 3.06.